The summed E-state index contributed by atoms with van der Waals surface area (Å²) in [7, 11) is 2.62. The number of pyridine rings is 2. The minimum atomic E-state index is 0.431. The molecule has 0 aliphatic rings. The van der Waals surface area contributed by atoms with E-state index in [-0.39, 0.29) is 0 Å². The fraction of sp³-hybridized carbons (Fsp3) is 0. The predicted octanol–water partition coefficient (Wildman–Crippen LogP) is 11.0. The van der Waals surface area contributed by atoms with Crippen LogP contribution in [-0.4, -0.2) is 9.97 Å². The molecule has 0 saturated carbocycles. The maximum atomic E-state index is 10.4. The van der Waals surface area contributed by atoms with E-state index in [1.165, 1.54) is 21.6 Å². The Morgan fingerprint density at radius 3 is 1.18 bits per heavy atom. The standard InChI is InChI=1S/C36H20Cl2N4S2/c37-27-15-11-23(12-16-27)29-19-33(25-7-3-1-4-8-25)41-35(31(29)21-39)43-44-36-32(22-40)30(24-13-17-28(38)18-14-24)20-34(42-36)26-9-5-2-6-10-26/h1-20H. The number of rotatable bonds is 7. The van der Waals surface area contributed by atoms with Crippen LogP contribution >= 0.6 is 44.8 Å². The van der Waals surface area contributed by atoms with Gasteiger partial charge in [0.15, 0.2) is 0 Å². The Morgan fingerprint density at radius 2 is 0.841 bits per heavy atom. The summed E-state index contributed by atoms with van der Waals surface area (Å²) in [6, 6.07) is 43.1. The Balaban J connectivity index is 1.49. The molecule has 0 atom stereocenters. The van der Waals surface area contributed by atoms with E-state index in [4.69, 9.17) is 33.2 Å². The van der Waals surface area contributed by atoms with E-state index >= 15 is 0 Å². The maximum absolute atomic E-state index is 10.4. The molecular formula is C36H20Cl2N4S2. The minimum Gasteiger partial charge on any atom is -0.239 e. The van der Waals surface area contributed by atoms with Crippen molar-refractivity contribution in [2.45, 2.75) is 10.1 Å². The van der Waals surface area contributed by atoms with Crippen molar-refractivity contribution in [3.63, 3.8) is 0 Å². The van der Waals surface area contributed by atoms with Crippen molar-refractivity contribution in [3.8, 4) is 56.9 Å². The van der Waals surface area contributed by atoms with Crippen molar-refractivity contribution in [2.24, 2.45) is 0 Å². The fourth-order valence-electron chi connectivity index (χ4n) is 4.69. The third kappa shape index (κ3) is 6.36. The first-order chi connectivity index (χ1) is 21.5. The predicted molar refractivity (Wildman–Crippen MR) is 181 cm³/mol. The molecule has 0 aliphatic heterocycles. The average Bonchev–Trinajstić information content (AvgIpc) is 3.08. The maximum Gasteiger partial charge on any atom is 0.126 e. The Hall–Kier alpha value is -4.56. The van der Waals surface area contributed by atoms with Gasteiger partial charge in [0.2, 0.25) is 0 Å². The number of aromatic nitrogens is 2. The van der Waals surface area contributed by atoms with Gasteiger partial charge in [-0.1, -0.05) is 108 Å². The van der Waals surface area contributed by atoms with E-state index in [9.17, 15) is 10.5 Å². The fourth-order valence-corrected chi connectivity index (χ4v) is 7.04. The summed E-state index contributed by atoms with van der Waals surface area (Å²) in [6.07, 6.45) is 0. The number of hydrogen-bond acceptors (Lipinski definition) is 6. The van der Waals surface area contributed by atoms with Gasteiger partial charge in [0.25, 0.3) is 0 Å². The first-order valence-corrected chi connectivity index (χ1v) is 16.3. The van der Waals surface area contributed by atoms with Gasteiger partial charge >= 0.3 is 0 Å². The molecule has 8 heteroatoms. The summed E-state index contributed by atoms with van der Waals surface area (Å²) in [6.45, 7) is 0. The second-order valence-corrected chi connectivity index (χ2v) is 12.6. The quantitative estimate of drug-likeness (QED) is 0.161. The highest BCUT2D eigenvalue weighted by atomic mass is 35.5. The van der Waals surface area contributed by atoms with Crippen LogP contribution in [0.4, 0.5) is 0 Å². The van der Waals surface area contributed by atoms with Crippen LogP contribution < -0.4 is 0 Å². The van der Waals surface area contributed by atoms with E-state index < -0.39 is 0 Å². The molecule has 4 nitrogen and oxygen atoms in total. The number of benzene rings is 4. The van der Waals surface area contributed by atoms with Crippen molar-refractivity contribution in [3.05, 3.63) is 142 Å². The Kier molecular flexibility index (Phi) is 8.98. The van der Waals surface area contributed by atoms with Crippen LogP contribution in [0.25, 0.3) is 44.8 Å². The van der Waals surface area contributed by atoms with Crippen molar-refractivity contribution >= 4 is 44.8 Å². The first kappa shape index (κ1) is 29.5. The number of halogens is 2. The third-order valence-corrected chi connectivity index (χ3v) is 9.54. The van der Waals surface area contributed by atoms with Crippen molar-refractivity contribution in [2.75, 3.05) is 0 Å². The first-order valence-electron chi connectivity index (χ1n) is 13.4. The van der Waals surface area contributed by atoms with Crippen LogP contribution in [0.5, 0.6) is 0 Å². The molecular weight excluding hydrogens is 623 g/mol. The molecule has 6 aromatic rings. The van der Waals surface area contributed by atoms with Gasteiger partial charge in [0.1, 0.15) is 22.2 Å². The van der Waals surface area contributed by atoms with Gasteiger partial charge in [-0.2, -0.15) is 10.5 Å². The monoisotopic (exact) mass is 642 g/mol. The summed E-state index contributed by atoms with van der Waals surface area (Å²) in [5, 5.41) is 23.0. The molecule has 0 saturated heterocycles. The second kappa shape index (κ2) is 13.4. The molecule has 0 amide bonds. The van der Waals surface area contributed by atoms with Gasteiger partial charge in [-0.05, 0) is 69.1 Å². The highest BCUT2D eigenvalue weighted by Gasteiger charge is 2.20. The van der Waals surface area contributed by atoms with Crippen molar-refractivity contribution in [1.29, 1.82) is 10.5 Å². The summed E-state index contributed by atoms with van der Waals surface area (Å²) in [4.78, 5) is 9.85. The topological polar surface area (TPSA) is 73.4 Å². The summed E-state index contributed by atoms with van der Waals surface area (Å²) in [5.41, 5.74) is 7.35. The van der Waals surface area contributed by atoms with E-state index in [0.29, 0.717) is 31.2 Å². The normalized spacial score (nSPS) is 10.6. The van der Waals surface area contributed by atoms with Crippen LogP contribution in [-0.2, 0) is 0 Å². The Morgan fingerprint density at radius 1 is 0.477 bits per heavy atom. The number of nitriles is 2. The van der Waals surface area contributed by atoms with Crippen molar-refractivity contribution in [1.82, 2.24) is 9.97 Å². The van der Waals surface area contributed by atoms with Crippen LogP contribution in [0, 0.1) is 22.7 Å². The lowest BCUT2D eigenvalue weighted by atomic mass is 9.99. The summed E-state index contributed by atoms with van der Waals surface area (Å²) >= 11 is 12.3. The molecule has 44 heavy (non-hydrogen) atoms. The van der Waals surface area contributed by atoms with Crippen LogP contribution in [0.15, 0.2) is 131 Å². The second-order valence-electron chi connectivity index (χ2n) is 9.61. The number of hydrogen-bond donors (Lipinski definition) is 0. The van der Waals surface area contributed by atoms with E-state index in [1.807, 2.05) is 97.1 Å². The van der Waals surface area contributed by atoms with Gasteiger partial charge in [-0.25, -0.2) is 9.97 Å². The molecule has 0 bridgehead atoms. The smallest absolute Gasteiger partial charge is 0.126 e. The van der Waals surface area contributed by atoms with Crippen LogP contribution in [0.2, 0.25) is 10.0 Å². The molecule has 4 aromatic carbocycles. The lowest BCUT2D eigenvalue weighted by Gasteiger charge is -2.14. The zero-order valence-corrected chi connectivity index (χ0v) is 26.1. The highest BCUT2D eigenvalue weighted by molar-refractivity contribution is 8.76. The van der Waals surface area contributed by atoms with Gasteiger partial charge in [-0.15, -0.1) is 0 Å². The summed E-state index contributed by atoms with van der Waals surface area (Å²) in [5.74, 6) is 0. The Labute approximate surface area is 273 Å². The van der Waals surface area contributed by atoms with E-state index in [1.54, 1.807) is 24.3 Å². The van der Waals surface area contributed by atoms with E-state index in [2.05, 4.69) is 12.1 Å². The molecule has 0 radical (unpaired) electrons. The molecule has 0 unspecified atom stereocenters. The van der Waals surface area contributed by atoms with Gasteiger partial charge in [0, 0.05) is 32.3 Å². The molecule has 2 aromatic heterocycles. The number of nitrogens with zero attached hydrogens (tertiary/aromatic N) is 4. The molecule has 2 heterocycles. The lowest BCUT2D eigenvalue weighted by Crippen LogP contribution is -1.97. The van der Waals surface area contributed by atoms with Crippen LogP contribution in [0.3, 0.4) is 0 Å². The minimum absolute atomic E-state index is 0.431. The van der Waals surface area contributed by atoms with Crippen LogP contribution in [0.1, 0.15) is 11.1 Å². The third-order valence-electron chi connectivity index (χ3n) is 6.85. The largest absolute Gasteiger partial charge is 0.239 e. The molecule has 0 N–H and O–H groups in total. The zero-order valence-electron chi connectivity index (χ0n) is 22.9. The average molecular weight is 644 g/mol. The molecule has 6 rings (SSSR count). The van der Waals surface area contributed by atoms with Gasteiger partial charge in [-0.3, -0.25) is 0 Å². The summed E-state index contributed by atoms with van der Waals surface area (Å²) < 4.78 is 0. The molecule has 0 aliphatic carbocycles. The lowest BCUT2D eigenvalue weighted by molar-refractivity contribution is 1.12. The SMILES string of the molecule is N#Cc1c(-c2ccc(Cl)cc2)cc(-c2ccccc2)nc1SSc1nc(-c2ccccc2)cc(-c2ccc(Cl)cc2)c1C#N. The molecule has 0 fully saturated rings. The highest BCUT2D eigenvalue weighted by Crippen LogP contribution is 2.44. The van der Waals surface area contributed by atoms with E-state index in [0.717, 1.165) is 44.8 Å². The zero-order chi connectivity index (χ0) is 30.5. The molecule has 0 spiro atoms. The van der Waals surface area contributed by atoms with Gasteiger partial charge < -0.3 is 0 Å². The van der Waals surface area contributed by atoms with Gasteiger partial charge in [0.05, 0.1) is 22.5 Å². The molecule has 210 valence electrons. The Bertz CT molecular complexity index is 1890. The van der Waals surface area contributed by atoms with Crippen molar-refractivity contribution < 1.29 is 0 Å².